The summed E-state index contributed by atoms with van der Waals surface area (Å²) in [6, 6.07) is 10.1. The Balaban J connectivity index is 2.94. The monoisotopic (exact) mass is 285 g/mol. The molecule has 1 aromatic carbocycles. The van der Waals surface area contributed by atoms with E-state index in [9.17, 15) is 0 Å². The van der Waals surface area contributed by atoms with Crippen LogP contribution in [-0.2, 0) is 13.6 Å². The lowest BCUT2D eigenvalue weighted by atomic mass is 10.4. The lowest BCUT2D eigenvalue weighted by Crippen LogP contribution is -2.20. The zero-order valence-corrected chi connectivity index (χ0v) is 13.2. The first kappa shape index (κ1) is 16.6. The predicted molar refractivity (Wildman–Crippen MR) is 81.7 cm³/mol. The number of rotatable bonds is 10. The quantitative estimate of drug-likeness (QED) is 0.598. The van der Waals surface area contributed by atoms with Crippen LogP contribution in [0.5, 0.6) is 0 Å². The van der Waals surface area contributed by atoms with Crippen molar-refractivity contribution in [2.24, 2.45) is 0 Å². The van der Waals surface area contributed by atoms with Crippen LogP contribution in [0, 0.1) is 0 Å². The Hall–Kier alpha value is -0.470. The topological polar surface area (TPSA) is 27.7 Å². The summed E-state index contributed by atoms with van der Waals surface area (Å²) < 4.78 is 18.1. The SMILES string of the molecule is CCCO[P+](OCCC)(OCCC)c1ccccc1. The van der Waals surface area contributed by atoms with Crippen LogP contribution in [0.1, 0.15) is 40.0 Å². The van der Waals surface area contributed by atoms with Gasteiger partial charge in [0.25, 0.3) is 0 Å². The molecule has 0 fully saturated rings. The Labute approximate surface area is 117 Å². The van der Waals surface area contributed by atoms with Gasteiger partial charge in [0, 0.05) is 0 Å². The van der Waals surface area contributed by atoms with Gasteiger partial charge in [0.1, 0.15) is 0 Å². The van der Waals surface area contributed by atoms with E-state index >= 15 is 0 Å². The fourth-order valence-electron chi connectivity index (χ4n) is 1.58. The lowest BCUT2D eigenvalue weighted by molar-refractivity contribution is 0.146. The molecule has 0 spiro atoms. The van der Waals surface area contributed by atoms with Gasteiger partial charge in [-0.3, -0.25) is 0 Å². The molecule has 0 aromatic heterocycles. The molecular weight excluding hydrogens is 259 g/mol. The summed E-state index contributed by atoms with van der Waals surface area (Å²) >= 11 is 0. The standard InChI is InChI=1S/C15H26O3P/c1-4-12-16-19(17-13-5-2,18-14-6-3)15-10-8-7-9-11-15/h7-11H,4-6,12-14H2,1-3H3/q+1. The molecule has 108 valence electrons. The smallest absolute Gasteiger partial charge is 0.174 e. The molecule has 0 aliphatic heterocycles. The molecule has 19 heavy (non-hydrogen) atoms. The van der Waals surface area contributed by atoms with E-state index in [4.69, 9.17) is 13.6 Å². The molecule has 1 rings (SSSR count). The molecule has 0 atom stereocenters. The average Bonchev–Trinajstić information content (AvgIpc) is 2.48. The van der Waals surface area contributed by atoms with Crippen LogP contribution >= 0.6 is 7.94 Å². The van der Waals surface area contributed by atoms with Crippen molar-refractivity contribution in [3.63, 3.8) is 0 Å². The summed E-state index contributed by atoms with van der Waals surface area (Å²) in [7, 11) is -2.40. The number of hydrogen-bond donors (Lipinski definition) is 0. The third-order valence-corrected chi connectivity index (χ3v) is 4.97. The van der Waals surface area contributed by atoms with E-state index in [1.807, 2.05) is 30.3 Å². The molecule has 0 heterocycles. The van der Waals surface area contributed by atoms with Gasteiger partial charge in [0.15, 0.2) is 5.30 Å². The first-order chi connectivity index (χ1) is 9.29. The fourth-order valence-corrected chi connectivity index (χ4v) is 4.06. The normalized spacial score (nSPS) is 11.7. The van der Waals surface area contributed by atoms with Crippen molar-refractivity contribution in [3.05, 3.63) is 30.3 Å². The molecule has 0 amide bonds. The highest BCUT2D eigenvalue weighted by atomic mass is 31.2. The third kappa shape index (κ3) is 5.19. The average molecular weight is 285 g/mol. The molecule has 0 radical (unpaired) electrons. The molecule has 0 unspecified atom stereocenters. The van der Waals surface area contributed by atoms with Crippen molar-refractivity contribution in [3.8, 4) is 0 Å². The van der Waals surface area contributed by atoms with Crippen molar-refractivity contribution in [2.75, 3.05) is 19.8 Å². The van der Waals surface area contributed by atoms with Crippen molar-refractivity contribution in [1.29, 1.82) is 0 Å². The maximum Gasteiger partial charge on any atom is 0.448 e. The maximum absolute atomic E-state index is 6.04. The van der Waals surface area contributed by atoms with Crippen LogP contribution in [0.3, 0.4) is 0 Å². The Bertz CT molecular complexity index is 308. The minimum absolute atomic E-state index is 0.663. The predicted octanol–water partition coefficient (Wildman–Crippen LogP) is 4.35. The maximum atomic E-state index is 6.04. The van der Waals surface area contributed by atoms with Gasteiger partial charge in [-0.25, -0.2) is 0 Å². The van der Waals surface area contributed by atoms with Crippen molar-refractivity contribution in [2.45, 2.75) is 40.0 Å². The lowest BCUT2D eigenvalue weighted by Gasteiger charge is -2.21. The van der Waals surface area contributed by atoms with Crippen LogP contribution in [0.2, 0.25) is 0 Å². The summed E-state index contributed by atoms with van der Waals surface area (Å²) in [5.74, 6) is 0. The van der Waals surface area contributed by atoms with Crippen LogP contribution in [0.15, 0.2) is 30.3 Å². The largest absolute Gasteiger partial charge is 0.448 e. The Morgan fingerprint density at radius 2 is 1.16 bits per heavy atom. The van der Waals surface area contributed by atoms with E-state index in [1.165, 1.54) is 0 Å². The molecule has 3 nitrogen and oxygen atoms in total. The molecule has 0 aliphatic rings. The van der Waals surface area contributed by atoms with Gasteiger partial charge in [-0.15, -0.1) is 0 Å². The molecule has 1 aromatic rings. The summed E-state index contributed by atoms with van der Waals surface area (Å²) in [5, 5.41) is 1.03. The fraction of sp³-hybridized carbons (Fsp3) is 0.600. The minimum atomic E-state index is -2.40. The van der Waals surface area contributed by atoms with Crippen LogP contribution in [-0.4, -0.2) is 19.8 Å². The van der Waals surface area contributed by atoms with E-state index in [1.54, 1.807) is 0 Å². The number of hydrogen-bond acceptors (Lipinski definition) is 3. The van der Waals surface area contributed by atoms with Gasteiger partial charge in [0.05, 0.1) is 19.8 Å². The zero-order chi connectivity index (χ0) is 14.0. The van der Waals surface area contributed by atoms with Crippen LogP contribution in [0.25, 0.3) is 0 Å². The second-order valence-electron chi connectivity index (χ2n) is 4.33. The number of benzene rings is 1. The molecule has 0 saturated carbocycles. The Morgan fingerprint density at radius 3 is 1.53 bits per heavy atom. The van der Waals surface area contributed by atoms with Gasteiger partial charge in [-0.1, -0.05) is 39.0 Å². The van der Waals surface area contributed by atoms with Crippen molar-refractivity contribution >= 4 is 13.2 Å². The van der Waals surface area contributed by atoms with E-state index in [-0.39, 0.29) is 0 Å². The summed E-state index contributed by atoms with van der Waals surface area (Å²) in [6.07, 6.45) is 2.87. The van der Waals surface area contributed by atoms with Gasteiger partial charge < -0.3 is 0 Å². The van der Waals surface area contributed by atoms with E-state index in [0.29, 0.717) is 19.8 Å². The third-order valence-electron chi connectivity index (χ3n) is 2.47. The minimum Gasteiger partial charge on any atom is -0.174 e. The van der Waals surface area contributed by atoms with Gasteiger partial charge in [-0.05, 0) is 31.4 Å². The summed E-state index contributed by atoms with van der Waals surface area (Å²) in [6.45, 7) is 8.28. The molecule has 4 heteroatoms. The highest BCUT2D eigenvalue weighted by Crippen LogP contribution is 2.61. The second kappa shape index (κ2) is 9.44. The molecule has 0 aliphatic carbocycles. The highest BCUT2D eigenvalue weighted by molar-refractivity contribution is 7.69. The van der Waals surface area contributed by atoms with Crippen molar-refractivity contribution in [1.82, 2.24) is 0 Å². The first-order valence-electron chi connectivity index (χ1n) is 7.17. The van der Waals surface area contributed by atoms with Gasteiger partial charge in [0.2, 0.25) is 0 Å². The first-order valence-corrected chi connectivity index (χ1v) is 8.71. The Morgan fingerprint density at radius 1 is 0.737 bits per heavy atom. The Kier molecular flexibility index (Phi) is 8.24. The van der Waals surface area contributed by atoms with Gasteiger partial charge >= 0.3 is 7.94 Å². The van der Waals surface area contributed by atoms with E-state index in [2.05, 4.69) is 20.8 Å². The zero-order valence-electron chi connectivity index (χ0n) is 12.3. The molecule has 0 N–H and O–H groups in total. The van der Waals surface area contributed by atoms with E-state index in [0.717, 1.165) is 24.6 Å². The summed E-state index contributed by atoms with van der Waals surface area (Å²) in [5.41, 5.74) is 0. The van der Waals surface area contributed by atoms with Gasteiger partial charge in [-0.2, -0.15) is 13.6 Å². The summed E-state index contributed by atoms with van der Waals surface area (Å²) in [4.78, 5) is 0. The van der Waals surface area contributed by atoms with Crippen LogP contribution in [0.4, 0.5) is 0 Å². The van der Waals surface area contributed by atoms with Crippen LogP contribution < -0.4 is 5.30 Å². The highest BCUT2D eigenvalue weighted by Gasteiger charge is 2.48. The van der Waals surface area contributed by atoms with Crippen molar-refractivity contribution < 1.29 is 13.6 Å². The second-order valence-corrected chi connectivity index (χ2v) is 6.62. The molecular formula is C15H26O3P+. The van der Waals surface area contributed by atoms with E-state index < -0.39 is 7.94 Å². The molecule has 0 bridgehead atoms. The molecule has 0 saturated heterocycles.